The van der Waals surface area contributed by atoms with E-state index in [4.69, 9.17) is 10.9 Å². The lowest BCUT2D eigenvalue weighted by Crippen LogP contribution is -2.51. The molecule has 0 saturated heterocycles. The Hall–Kier alpha value is -1.26. The van der Waals surface area contributed by atoms with Gasteiger partial charge in [-0.1, -0.05) is 44.2 Å². The highest BCUT2D eigenvalue weighted by molar-refractivity contribution is 6.06. The van der Waals surface area contributed by atoms with Crippen LogP contribution in [-0.4, -0.2) is 35.4 Å². The van der Waals surface area contributed by atoms with Gasteiger partial charge in [0, 0.05) is 13.6 Å². The first-order valence-corrected chi connectivity index (χ1v) is 7.32. The molecule has 0 atom stereocenters. The summed E-state index contributed by atoms with van der Waals surface area (Å²) >= 11 is 0. The summed E-state index contributed by atoms with van der Waals surface area (Å²) in [5, 5.41) is 12.1. The molecule has 0 aliphatic heterocycles. The van der Waals surface area contributed by atoms with Crippen molar-refractivity contribution >= 4 is 11.7 Å². The molecule has 1 fully saturated rings. The van der Waals surface area contributed by atoms with Crippen LogP contribution in [0, 0.1) is 5.41 Å². The zero-order chi connectivity index (χ0) is 14.3. The normalized spacial score (nSPS) is 19.2. The van der Waals surface area contributed by atoms with Crippen molar-refractivity contribution in [2.75, 3.05) is 13.6 Å². The Morgan fingerprint density at radius 1 is 1.32 bits per heavy atom. The van der Waals surface area contributed by atoms with Crippen LogP contribution >= 0.6 is 0 Å². The SMILES string of the molecule is CCCCCN(C)C(=O)C1(C(N)=NO)CCCCC1. The third-order valence-electron chi connectivity index (χ3n) is 4.16. The molecule has 0 unspecified atom stereocenters. The number of hydrogen-bond acceptors (Lipinski definition) is 3. The van der Waals surface area contributed by atoms with E-state index in [1.54, 1.807) is 4.90 Å². The second-order valence-corrected chi connectivity index (χ2v) is 5.56. The van der Waals surface area contributed by atoms with E-state index >= 15 is 0 Å². The smallest absolute Gasteiger partial charge is 0.236 e. The molecule has 0 aromatic heterocycles. The number of rotatable bonds is 6. The Kier molecular flexibility index (Phi) is 6.12. The standard InChI is InChI=1S/C14H27N3O2/c1-3-4-8-11-17(2)13(18)14(12(15)16-19)9-6-5-7-10-14/h19H,3-11H2,1-2H3,(H2,15,16). The summed E-state index contributed by atoms with van der Waals surface area (Å²) in [6.45, 7) is 2.88. The monoisotopic (exact) mass is 269 g/mol. The van der Waals surface area contributed by atoms with E-state index in [1.165, 1.54) is 0 Å². The van der Waals surface area contributed by atoms with Crippen LogP contribution < -0.4 is 5.73 Å². The molecule has 1 rings (SSSR count). The summed E-state index contributed by atoms with van der Waals surface area (Å²) < 4.78 is 0. The van der Waals surface area contributed by atoms with Gasteiger partial charge < -0.3 is 15.8 Å². The summed E-state index contributed by atoms with van der Waals surface area (Å²) in [5.74, 6) is 0.0955. The minimum Gasteiger partial charge on any atom is -0.409 e. The lowest BCUT2D eigenvalue weighted by atomic mass is 9.72. The predicted octanol–water partition coefficient (Wildman–Crippen LogP) is 2.33. The van der Waals surface area contributed by atoms with Gasteiger partial charge in [-0.3, -0.25) is 4.79 Å². The fourth-order valence-electron chi connectivity index (χ4n) is 2.90. The highest BCUT2D eigenvalue weighted by Gasteiger charge is 2.45. The zero-order valence-corrected chi connectivity index (χ0v) is 12.2. The van der Waals surface area contributed by atoms with Gasteiger partial charge in [0.2, 0.25) is 5.91 Å². The van der Waals surface area contributed by atoms with Crippen molar-refractivity contribution in [3.63, 3.8) is 0 Å². The van der Waals surface area contributed by atoms with Gasteiger partial charge in [-0.15, -0.1) is 0 Å². The molecule has 1 aliphatic rings. The molecule has 5 nitrogen and oxygen atoms in total. The van der Waals surface area contributed by atoms with Crippen LogP contribution in [0.25, 0.3) is 0 Å². The summed E-state index contributed by atoms with van der Waals surface area (Å²) in [4.78, 5) is 14.4. The fourth-order valence-corrected chi connectivity index (χ4v) is 2.90. The van der Waals surface area contributed by atoms with Crippen LogP contribution in [0.15, 0.2) is 5.16 Å². The van der Waals surface area contributed by atoms with Crippen LogP contribution in [0.5, 0.6) is 0 Å². The van der Waals surface area contributed by atoms with Crippen molar-refractivity contribution < 1.29 is 10.0 Å². The predicted molar refractivity (Wildman–Crippen MR) is 76.1 cm³/mol. The second kappa shape index (κ2) is 7.36. The number of carbonyl (C=O) groups is 1. The van der Waals surface area contributed by atoms with Gasteiger partial charge in [0.1, 0.15) is 5.41 Å². The first kappa shape index (κ1) is 15.8. The van der Waals surface area contributed by atoms with Gasteiger partial charge in [0.25, 0.3) is 0 Å². The van der Waals surface area contributed by atoms with Crippen LogP contribution in [0.2, 0.25) is 0 Å². The van der Waals surface area contributed by atoms with Crippen molar-refractivity contribution in [3.8, 4) is 0 Å². The molecule has 1 amide bonds. The maximum atomic E-state index is 12.7. The Morgan fingerprint density at radius 2 is 1.95 bits per heavy atom. The molecule has 0 radical (unpaired) electrons. The second-order valence-electron chi connectivity index (χ2n) is 5.56. The molecule has 3 N–H and O–H groups in total. The first-order chi connectivity index (χ1) is 9.08. The summed E-state index contributed by atoms with van der Waals surface area (Å²) in [7, 11) is 1.82. The van der Waals surface area contributed by atoms with E-state index in [0.29, 0.717) is 12.8 Å². The topological polar surface area (TPSA) is 78.9 Å². The fraction of sp³-hybridized carbons (Fsp3) is 0.857. The van der Waals surface area contributed by atoms with E-state index in [1.807, 2.05) is 7.05 Å². The first-order valence-electron chi connectivity index (χ1n) is 7.32. The van der Waals surface area contributed by atoms with Gasteiger partial charge >= 0.3 is 0 Å². The van der Waals surface area contributed by atoms with Crippen LogP contribution in [0.4, 0.5) is 0 Å². The quantitative estimate of drug-likeness (QED) is 0.255. The van der Waals surface area contributed by atoms with E-state index in [-0.39, 0.29) is 11.7 Å². The summed E-state index contributed by atoms with van der Waals surface area (Å²) in [6, 6.07) is 0. The summed E-state index contributed by atoms with van der Waals surface area (Å²) in [5.41, 5.74) is 5.06. The Labute approximate surface area is 115 Å². The number of hydrogen-bond donors (Lipinski definition) is 2. The third kappa shape index (κ3) is 3.61. The minimum atomic E-state index is -0.770. The minimum absolute atomic E-state index is 0.0126. The molecular formula is C14H27N3O2. The van der Waals surface area contributed by atoms with E-state index < -0.39 is 5.41 Å². The molecule has 0 spiro atoms. The van der Waals surface area contributed by atoms with Gasteiger partial charge in [-0.2, -0.15) is 0 Å². The van der Waals surface area contributed by atoms with Crippen molar-refractivity contribution in [3.05, 3.63) is 0 Å². The Bertz CT molecular complexity index is 323. The molecule has 0 aromatic rings. The molecule has 1 saturated carbocycles. The largest absolute Gasteiger partial charge is 0.409 e. The van der Waals surface area contributed by atoms with Crippen LogP contribution in [-0.2, 0) is 4.79 Å². The number of oxime groups is 1. The number of nitrogens with zero attached hydrogens (tertiary/aromatic N) is 2. The molecule has 110 valence electrons. The number of amides is 1. The average molecular weight is 269 g/mol. The number of carbonyl (C=O) groups excluding carboxylic acids is 1. The van der Waals surface area contributed by atoms with Gasteiger partial charge in [-0.25, -0.2) is 0 Å². The zero-order valence-electron chi connectivity index (χ0n) is 12.2. The van der Waals surface area contributed by atoms with Crippen molar-refractivity contribution in [2.45, 2.75) is 58.3 Å². The Morgan fingerprint density at radius 3 is 2.47 bits per heavy atom. The van der Waals surface area contributed by atoms with E-state index in [9.17, 15) is 4.79 Å². The molecule has 0 bridgehead atoms. The number of amidine groups is 1. The third-order valence-corrected chi connectivity index (χ3v) is 4.16. The number of nitrogens with two attached hydrogens (primary N) is 1. The Balaban J connectivity index is 2.77. The molecule has 0 heterocycles. The highest BCUT2D eigenvalue weighted by atomic mass is 16.4. The maximum absolute atomic E-state index is 12.7. The molecule has 5 heteroatoms. The molecular weight excluding hydrogens is 242 g/mol. The lowest BCUT2D eigenvalue weighted by molar-refractivity contribution is -0.138. The maximum Gasteiger partial charge on any atom is 0.236 e. The van der Waals surface area contributed by atoms with Gasteiger partial charge in [0.05, 0.1) is 0 Å². The van der Waals surface area contributed by atoms with E-state index in [2.05, 4.69) is 12.1 Å². The van der Waals surface area contributed by atoms with Crippen molar-refractivity contribution in [1.82, 2.24) is 4.90 Å². The molecule has 0 aromatic carbocycles. The molecule has 1 aliphatic carbocycles. The van der Waals surface area contributed by atoms with Crippen molar-refractivity contribution in [1.29, 1.82) is 0 Å². The highest BCUT2D eigenvalue weighted by Crippen LogP contribution is 2.38. The molecule has 19 heavy (non-hydrogen) atoms. The van der Waals surface area contributed by atoms with Crippen molar-refractivity contribution in [2.24, 2.45) is 16.3 Å². The van der Waals surface area contributed by atoms with E-state index in [0.717, 1.165) is 45.1 Å². The summed E-state index contributed by atoms with van der Waals surface area (Å²) in [6.07, 6.45) is 7.69. The van der Waals surface area contributed by atoms with Crippen LogP contribution in [0.1, 0.15) is 58.3 Å². The lowest BCUT2D eigenvalue weighted by Gasteiger charge is -2.37. The van der Waals surface area contributed by atoms with Gasteiger partial charge in [0.15, 0.2) is 5.84 Å². The number of unbranched alkanes of at least 4 members (excludes halogenated alkanes) is 2. The van der Waals surface area contributed by atoms with Crippen LogP contribution in [0.3, 0.4) is 0 Å². The average Bonchev–Trinajstić information content (AvgIpc) is 2.46. The van der Waals surface area contributed by atoms with Gasteiger partial charge in [-0.05, 0) is 19.3 Å².